The highest BCUT2D eigenvalue weighted by molar-refractivity contribution is 5.79. The number of nitrogens with one attached hydrogen (secondary N) is 1. The van der Waals surface area contributed by atoms with Gasteiger partial charge in [0.05, 0.1) is 5.54 Å². The quantitative estimate of drug-likeness (QED) is 0.792. The van der Waals surface area contributed by atoms with E-state index in [1.165, 1.54) is 25.7 Å². The van der Waals surface area contributed by atoms with Gasteiger partial charge in [-0.2, -0.15) is 0 Å². The largest absolute Gasteiger partial charge is 0.349 e. The van der Waals surface area contributed by atoms with Crippen LogP contribution in [0.25, 0.3) is 0 Å². The van der Waals surface area contributed by atoms with E-state index in [-0.39, 0.29) is 17.4 Å². The lowest BCUT2D eigenvalue weighted by molar-refractivity contribution is -0.127. The third-order valence-electron chi connectivity index (χ3n) is 4.74. The molecule has 0 atom stereocenters. The van der Waals surface area contributed by atoms with E-state index in [1.807, 2.05) is 0 Å². The van der Waals surface area contributed by atoms with Crippen LogP contribution in [0.5, 0.6) is 0 Å². The van der Waals surface area contributed by atoms with Gasteiger partial charge in [0.1, 0.15) is 0 Å². The SMILES string of the molecule is CC1CCC(CN)(NC(=O)C2CCCC2)CC1. The monoisotopic (exact) mass is 238 g/mol. The van der Waals surface area contributed by atoms with Crippen LogP contribution in [-0.4, -0.2) is 18.0 Å². The number of carbonyl (C=O) groups is 1. The van der Waals surface area contributed by atoms with Gasteiger partial charge in [0.2, 0.25) is 5.91 Å². The maximum Gasteiger partial charge on any atom is 0.223 e. The Morgan fingerprint density at radius 1 is 1.24 bits per heavy atom. The minimum absolute atomic E-state index is 0.0911. The summed E-state index contributed by atoms with van der Waals surface area (Å²) in [5.41, 5.74) is 5.82. The lowest BCUT2D eigenvalue weighted by atomic mass is 9.77. The molecule has 0 bridgehead atoms. The highest BCUT2D eigenvalue weighted by atomic mass is 16.2. The number of amides is 1. The highest BCUT2D eigenvalue weighted by Crippen LogP contribution is 2.32. The van der Waals surface area contributed by atoms with Crippen molar-refractivity contribution >= 4 is 5.91 Å². The Balaban J connectivity index is 1.92. The molecule has 2 aliphatic carbocycles. The first-order chi connectivity index (χ1) is 8.15. The van der Waals surface area contributed by atoms with Crippen LogP contribution in [0.15, 0.2) is 0 Å². The zero-order chi connectivity index (χ0) is 12.3. The molecule has 0 spiro atoms. The van der Waals surface area contributed by atoms with Gasteiger partial charge in [-0.25, -0.2) is 0 Å². The molecule has 0 saturated heterocycles. The third kappa shape index (κ3) is 3.01. The van der Waals surface area contributed by atoms with E-state index >= 15 is 0 Å². The normalized spacial score (nSPS) is 34.8. The second kappa shape index (κ2) is 5.38. The summed E-state index contributed by atoms with van der Waals surface area (Å²) in [6.45, 7) is 2.89. The predicted molar refractivity (Wildman–Crippen MR) is 69.5 cm³/mol. The van der Waals surface area contributed by atoms with E-state index in [2.05, 4.69) is 12.2 Å². The van der Waals surface area contributed by atoms with Gasteiger partial charge in [-0.1, -0.05) is 19.8 Å². The Bertz CT molecular complexity index is 263. The molecular formula is C14H26N2O. The van der Waals surface area contributed by atoms with E-state index in [0.29, 0.717) is 6.54 Å². The van der Waals surface area contributed by atoms with E-state index in [0.717, 1.165) is 31.6 Å². The van der Waals surface area contributed by atoms with Crippen molar-refractivity contribution in [1.29, 1.82) is 0 Å². The van der Waals surface area contributed by atoms with Crippen LogP contribution in [0.2, 0.25) is 0 Å². The molecule has 3 N–H and O–H groups in total. The van der Waals surface area contributed by atoms with Crippen molar-refractivity contribution in [3.63, 3.8) is 0 Å². The third-order valence-corrected chi connectivity index (χ3v) is 4.74. The molecule has 3 nitrogen and oxygen atoms in total. The average Bonchev–Trinajstić information content (AvgIpc) is 2.86. The summed E-state index contributed by atoms with van der Waals surface area (Å²) in [4.78, 5) is 12.2. The molecule has 98 valence electrons. The number of carbonyl (C=O) groups excluding carboxylic acids is 1. The molecule has 17 heavy (non-hydrogen) atoms. The van der Waals surface area contributed by atoms with E-state index in [9.17, 15) is 4.79 Å². The average molecular weight is 238 g/mol. The fourth-order valence-electron chi connectivity index (χ4n) is 3.25. The number of rotatable bonds is 3. The maximum absolute atomic E-state index is 12.2. The van der Waals surface area contributed by atoms with Gasteiger partial charge in [-0.3, -0.25) is 4.79 Å². The van der Waals surface area contributed by atoms with Crippen LogP contribution < -0.4 is 11.1 Å². The van der Waals surface area contributed by atoms with Crippen molar-refractivity contribution in [3.05, 3.63) is 0 Å². The Labute approximate surface area is 105 Å². The van der Waals surface area contributed by atoms with Crippen LogP contribution >= 0.6 is 0 Å². The van der Waals surface area contributed by atoms with Crippen LogP contribution in [0.4, 0.5) is 0 Å². The maximum atomic E-state index is 12.2. The van der Waals surface area contributed by atoms with Gasteiger partial charge in [0.15, 0.2) is 0 Å². The van der Waals surface area contributed by atoms with Gasteiger partial charge in [-0.15, -0.1) is 0 Å². The molecule has 2 aliphatic rings. The summed E-state index contributed by atoms with van der Waals surface area (Å²) < 4.78 is 0. The first kappa shape index (κ1) is 12.9. The van der Waals surface area contributed by atoms with Gasteiger partial charge < -0.3 is 11.1 Å². The first-order valence-corrected chi connectivity index (χ1v) is 7.17. The molecule has 3 heteroatoms. The molecule has 1 amide bonds. The second-order valence-corrected chi connectivity index (χ2v) is 6.14. The standard InChI is InChI=1S/C14H26N2O/c1-11-6-8-14(10-15,9-7-11)16-13(17)12-4-2-3-5-12/h11-12H,2-10,15H2,1H3,(H,16,17). The summed E-state index contributed by atoms with van der Waals surface area (Å²) in [7, 11) is 0. The Morgan fingerprint density at radius 3 is 2.35 bits per heavy atom. The molecule has 2 saturated carbocycles. The number of hydrogen-bond acceptors (Lipinski definition) is 2. The Kier molecular flexibility index (Phi) is 4.08. The smallest absolute Gasteiger partial charge is 0.223 e. The van der Waals surface area contributed by atoms with Crippen molar-refractivity contribution < 1.29 is 4.79 Å². The molecule has 2 fully saturated rings. The molecule has 0 heterocycles. The number of hydrogen-bond donors (Lipinski definition) is 2. The summed E-state index contributed by atoms with van der Waals surface area (Å²) >= 11 is 0. The molecule has 0 aromatic rings. The van der Waals surface area contributed by atoms with Gasteiger partial charge in [0, 0.05) is 12.5 Å². The summed E-state index contributed by atoms with van der Waals surface area (Å²) in [5, 5.41) is 3.28. The van der Waals surface area contributed by atoms with Crippen molar-refractivity contribution in [2.75, 3.05) is 6.54 Å². The van der Waals surface area contributed by atoms with Crippen molar-refractivity contribution in [1.82, 2.24) is 5.32 Å². The zero-order valence-electron chi connectivity index (χ0n) is 11.0. The van der Waals surface area contributed by atoms with Gasteiger partial charge in [-0.05, 0) is 44.4 Å². The first-order valence-electron chi connectivity index (χ1n) is 7.17. The van der Waals surface area contributed by atoms with E-state index in [4.69, 9.17) is 5.73 Å². The highest BCUT2D eigenvalue weighted by Gasteiger charge is 2.36. The zero-order valence-corrected chi connectivity index (χ0v) is 11.0. The molecular weight excluding hydrogens is 212 g/mol. The van der Waals surface area contributed by atoms with Crippen molar-refractivity contribution in [2.45, 2.75) is 63.8 Å². The van der Waals surface area contributed by atoms with Crippen LogP contribution in [0.3, 0.4) is 0 Å². The Morgan fingerprint density at radius 2 is 1.82 bits per heavy atom. The topological polar surface area (TPSA) is 55.1 Å². The number of nitrogens with two attached hydrogens (primary N) is 1. The summed E-state index contributed by atoms with van der Waals surface area (Å²) in [6.07, 6.45) is 9.08. The molecule has 0 radical (unpaired) electrons. The summed E-state index contributed by atoms with van der Waals surface area (Å²) in [5.74, 6) is 1.32. The van der Waals surface area contributed by atoms with Crippen molar-refractivity contribution in [2.24, 2.45) is 17.6 Å². The van der Waals surface area contributed by atoms with Crippen molar-refractivity contribution in [3.8, 4) is 0 Å². The summed E-state index contributed by atoms with van der Waals surface area (Å²) in [6, 6.07) is 0. The fraction of sp³-hybridized carbons (Fsp3) is 0.929. The Hall–Kier alpha value is -0.570. The second-order valence-electron chi connectivity index (χ2n) is 6.14. The predicted octanol–water partition coefficient (Wildman–Crippen LogP) is 2.20. The van der Waals surface area contributed by atoms with Crippen LogP contribution in [-0.2, 0) is 4.79 Å². The van der Waals surface area contributed by atoms with Gasteiger partial charge in [0.25, 0.3) is 0 Å². The molecule has 0 aliphatic heterocycles. The minimum atomic E-state index is -0.0911. The molecule has 0 unspecified atom stereocenters. The van der Waals surface area contributed by atoms with Gasteiger partial charge >= 0.3 is 0 Å². The minimum Gasteiger partial charge on any atom is -0.349 e. The van der Waals surface area contributed by atoms with E-state index < -0.39 is 0 Å². The molecule has 2 rings (SSSR count). The van der Waals surface area contributed by atoms with Crippen LogP contribution in [0.1, 0.15) is 58.3 Å². The molecule has 0 aromatic carbocycles. The van der Waals surface area contributed by atoms with Crippen LogP contribution in [0, 0.1) is 11.8 Å². The van der Waals surface area contributed by atoms with E-state index in [1.54, 1.807) is 0 Å². The lowest BCUT2D eigenvalue weighted by Gasteiger charge is -2.40. The fourth-order valence-corrected chi connectivity index (χ4v) is 3.25. The lowest BCUT2D eigenvalue weighted by Crippen LogP contribution is -2.56. The molecule has 0 aromatic heterocycles.